The molecule has 0 N–H and O–H groups in total. The number of hydrogen-bond donors (Lipinski definition) is 0. The van der Waals surface area contributed by atoms with Gasteiger partial charge in [-0.3, -0.25) is 4.79 Å². The van der Waals surface area contributed by atoms with Gasteiger partial charge in [0.1, 0.15) is 12.1 Å². The summed E-state index contributed by atoms with van der Waals surface area (Å²) in [5.41, 5.74) is -0.301. The van der Waals surface area contributed by atoms with Crippen LogP contribution in [0, 0.1) is 11.2 Å². The molecule has 0 atom stereocenters. The molecule has 0 aliphatic carbocycles. The van der Waals surface area contributed by atoms with Crippen LogP contribution in [-0.2, 0) is 16.3 Å². The van der Waals surface area contributed by atoms with E-state index in [2.05, 4.69) is 26.0 Å². The van der Waals surface area contributed by atoms with Crippen LogP contribution in [0.4, 0.5) is 4.39 Å². The summed E-state index contributed by atoms with van der Waals surface area (Å²) in [6, 6.07) is 4.88. The van der Waals surface area contributed by atoms with Gasteiger partial charge in [-0.1, -0.05) is 6.07 Å². The Kier molecular flexibility index (Phi) is 4.41. The van der Waals surface area contributed by atoms with Crippen LogP contribution in [-0.4, -0.2) is 20.7 Å². The number of aromatic nitrogens is 3. The zero-order chi connectivity index (χ0) is 15.6. The molecule has 0 fully saturated rings. The average Bonchev–Trinajstić information content (AvgIpc) is 2.86. The van der Waals surface area contributed by atoms with E-state index < -0.39 is 11.2 Å². The van der Waals surface area contributed by atoms with E-state index in [1.807, 2.05) is 0 Å². The molecule has 0 unspecified atom stereocenters. The molecular formula is C14H15BrFN3O2. The maximum atomic E-state index is 13.9. The predicted molar refractivity (Wildman–Crippen MR) is 78.7 cm³/mol. The number of hydrogen-bond acceptors (Lipinski definition) is 4. The lowest BCUT2D eigenvalue weighted by Crippen LogP contribution is -2.24. The number of ether oxygens (including phenoxy) is 1. The summed E-state index contributed by atoms with van der Waals surface area (Å²) >= 11 is 3.12. The number of carbonyl (C=O) groups is 1. The van der Waals surface area contributed by atoms with Crippen LogP contribution in [0.25, 0.3) is 11.4 Å². The Bertz CT molecular complexity index is 664. The molecule has 0 bridgehead atoms. The molecule has 0 radical (unpaired) electrons. The van der Waals surface area contributed by atoms with Crippen LogP contribution in [0.15, 0.2) is 29.0 Å². The van der Waals surface area contributed by atoms with Gasteiger partial charge >= 0.3 is 5.97 Å². The van der Waals surface area contributed by atoms with E-state index in [-0.39, 0.29) is 24.1 Å². The Hall–Kier alpha value is -1.76. The van der Waals surface area contributed by atoms with Gasteiger partial charge < -0.3 is 4.74 Å². The quantitative estimate of drug-likeness (QED) is 0.791. The molecule has 0 amide bonds. The summed E-state index contributed by atoms with van der Waals surface area (Å²) in [5, 5.41) is 4.10. The third kappa shape index (κ3) is 3.66. The predicted octanol–water partition coefficient (Wildman–Crippen LogP) is 3.39. The molecule has 7 heteroatoms. The monoisotopic (exact) mass is 355 g/mol. The minimum Gasteiger partial charge on any atom is -0.442 e. The van der Waals surface area contributed by atoms with Gasteiger partial charge in [0.2, 0.25) is 0 Å². The molecule has 2 rings (SSSR count). The fourth-order valence-electron chi connectivity index (χ4n) is 1.50. The maximum Gasteiger partial charge on any atom is 0.313 e. The molecule has 0 aliphatic rings. The van der Waals surface area contributed by atoms with Gasteiger partial charge in [-0.15, -0.1) is 5.10 Å². The van der Waals surface area contributed by atoms with E-state index >= 15 is 0 Å². The summed E-state index contributed by atoms with van der Waals surface area (Å²) in [4.78, 5) is 15.7. The molecule has 0 saturated heterocycles. The molecule has 21 heavy (non-hydrogen) atoms. The zero-order valence-electron chi connectivity index (χ0n) is 11.9. The molecular weight excluding hydrogens is 341 g/mol. The zero-order valence-corrected chi connectivity index (χ0v) is 13.5. The first-order valence-corrected chi connectivity index (χ1v) is 7.09. The first kappa shape index (κ1) is 15.6. The molecule has 2 aromatic rings. The maximum absolute atomic E-state index is 13.9. The molecule has 0 spiro atoms. The lowest BCUT2D eigenvalue weighted by atomic mass is 9.98. The highest BCUT2D eigenvalue weighted by Crippen LogP contribution is 2.25. The Morgan fingerprint density at radius 3 is 2.81 bits per heavy atom. The van der Waals surface area contributed by atoms with Crippen LogP contribution < -0.4 is 0 Å². The molecule has 0 aliphatic heterocycles. The van der Waals surface area contributed by atoms with Gasteiger partial charge in [0.05, 0.1) is 15.5 Å². The summed E-state index contributed by atoms with van der Waals surface area (Å²) in [6.45, 7) is 5.23. The Morgan fingerprint density at radius 1 is 1.43 bits per heavy atom. The number of carbonyl (C=O) groups excluding carboxylic acids is 1. The average molecular weight is 356 g/mol. The second-order valence-electron chi connectivity index (χ2n) is 5.52. The normalized spacial score (nSPS) is 11.5. The lowest BCUT2D eigenvalue weighted by molar-refractivity contribution is -0.157. The van der Waals surface area contributed by atoms with Crippen LogP contribution in [0.2, 0.25) is 0 Å². The highest BCUT2D eigenvalue weighted by atomic mass is 79.9. The van der Waals surface area contributed by atoms with Crippen molar-refractivity contribution in [3.05, 3.63) is 34.8 Å². The molecule has 1 aromatic carbocycles. The molecule has 112 valence electrons. The third-order valence-electron chi connectivity index (χ3n) is 2.67. The first-order valence-electron chi connectivity index (χ1n) is 6.30. The van der Waals surface area contributed by atoms with Gasteiger partial charge in [-0.25, -0.2) is 14.1 Å². The lowest BCUT2D eigenvalue weighted by Gasteiger charge is -2.16. The number of esters is 1. The second kappa shape index (κ2) is 5.93. The van der Waals surface area contributed by atoms with E-state index in [1.165, 1.54) is 11.0 Å². The fraction of sp³-hybridized carbons (Fsp3) is 0.357. The SMILES string of the molecule is CC(C)(C)C(=O)OCn1cnc(-c2cccc(Br)c2F)n1. The largest absolute Gasteiger partial charge is 0.442 e. The van der Waals surface area contributed by atoms with Crippen molar-refractivity contribution in [2.45, 2.75) is 27.5 Å². The summed E-state index contributed by atoms with van der Waals surface area (Å²) in [7, 11) is 0. The highest BCUT2D eigenvalue weighted by molar-refractivity contribution is 9.10. The second-order valence-corrected chi connectivity index (χ2v) is 6.37. The van der Waals surface area contributed by atoms with Gasteiger partial charge in [-0.2, -0.15) is 0 Å². The smallest absolute Gasteiger partial charge is 0.313 e. The van der Waals surface area contributed by atoms with Crippen LogP contribution in [0.1, 0.15) is 20.8 Å². The standard InChI is InChI=1S/C14H15BrFN3O2/c1-14(2,3)13(20)21-8-19-7-17-12(18-19)9-5-4-6-10(15)11(9)16/h4-7H,8H2,1-3H3. The van der Waals surface area contributed by atoms with Crippen molar-refractivity contribution in [1.29, 1.82) is 0 Å². The number of rotatable bonds is 3. The van der Waals surface area contributed by atoms with Crippen molar-refractivity contribution >= 4 is 21.9 Å². The summed E-state index contributed by atoms with van der Waals surface area (Å²) < 4.78 is 20.7. The van der Waals surface area contributed by atoms with Gasteiger partial charge in [0.25, 0.3) is 0 Å². The molecule has 1 aromatic heterocycles. The van der Waals surface area contributed by atoms with E-state index in [1.54, 1.807) is 39.0 Å². The third-order valence-corrected chi connectivity index (χ3v) is 3.28. The number of benzene rings is 1. The first-order chi connectivity index (χ1) is 9.79. The Balaban J connectivity index is 2.12. The van der Waals surface area contributed by atoms with Crippen molar-refractivity contribution < 1.29 is 13.9 Å². The van der Waals surface area contributed by atoms with Crippen molar-refractivity contribution in [3.8, 4) is 11.4 Å². The van der Waals surface area contributed by atoms with Gasteiger partial charge in [-0.05, 0) is 48.8 Å². The van der Waals surface area contributed by atoms with Gasteiger partial charge in [0.15, 0.2) is 12.6 Å². The van der Waals surface area contributed by atoms with Gasteiger partial charge in [0, 0.05) is 0 Å². The van der Waals surface area contributed by atoms with Crippen LogP contribution >= 0.6 is 15.9 Å². The van der Waals surface area contributed by atoms with E-state index in [0.717, 1.165) is 0 Å². The Labute approximate surface area is 130 Å². The van der Waals surface area contributed by atoms with E-state index in [4.69, 9.17) is 4.74 Å². The van der Waals surface area contributed by atoms with Crippen molar-refractivity contribution in [2.24, 2.45) is 5.41 Å². The molecule has 5 nitrogen and oxygen atoms in total. The molecule has 1 heterocycles. The summed E-state index contributed by atoms with van der Waals surface area (Å²) in [5.74, 6) is -0.532. The van der Waals surface area contributed by atoms with E-state index in [9.17, 15) is 9.18 Å². The minimum atomic E-state index is -0.584. The molecule has 0 saturated carbocycles. The summed E-state index contributed by atoms with van der Waals surface area (Å²) in [6.07, 6.45) is 1.39. The number of nitrogens with zero attached hydrogens (tertiary/aromatic N) is 3. The fourth-order valence-corrected chi connectivity index (χ4v) is 1.86. The highest BCUT2D eigenvalue weighted by Gasteiger charge is 2.23. The van der Waals surface area contributed by atoms with Crippen LogP contribution in [0.5, 0.6) is 0 Å². The van der Waals surface area contributed by atoms with Crippen molar-refractivity contribution in [3.63, 3.8) is 0 Å². The van der Waals surface area contributed by atoms with Crippen molar-refractivity contribution in [1.82, 2.24) is 14.8 Å². The minimum absolute atomic E-state index is 0.0568. The Morgan fingerprint density at radius 2 is 2.14 bits per heavy atom. The van der Waals surface area contributed by atoms with E-state index in [0.29, 0.717) is 4.47 Å². The van der Waals surface area contributed by atoms with Crippen LogP contribution in [0.3, 0.4) is 0 Å². The number of halogens is 2. The topological polar surface area (TPSA) is 57.0 Å². The van der Waals surface area contributed by atoms with Crippen molar-refractivity contribution in [2.75, 3.05) is 0 Å².